The average Bonchev–Trinajstić information content (AvgIpc) is 3.68. The van der Waals surface area contributed by atoms with E-state index in [-0.39, 0.29) is 36.3 Å². The summed E-state index contributed by atoms with van der Waals surface area (Å²) < 4.78 is 13.1. The molecule has 250 valence electrons. The molecule has 2 amide bonds. The van der Waals surface area contributed by atoms with E-state index in [4.69, 9.17) is 15.2 Å². The molecule has 3 aliphatic rings. The van der Waals surface area contributed by atoms with Crippen LogP contribution in [0.5, 0.6) is 0 Å². The Balaban J connectivity index is 1.31. The van der Waals surface area contributed by atoms with Crippen molar-refractivity contribution in [2.45, 2.75) is 81.3 Å². The summed E-state index contributed by atoms with van der Waals surface area (Å²) >= 11 is 4.03. The molecule has 1 unspecified atom stereocenters. The zero-order valence-electron chi connectivity index (χ0n) is 26.0. The number of thiazole rings is 1. The highest BCUT2D eigenvalue weighted by molar-refractivity contribution is 8.01. The molecule has 2 aromatic heterocycles. The maximum Gasteiger partial charge on any atom is 0.358 e. The summed E-state index contributed by atoms with van der Waals surface area (Å²) in [5.74, 6) is -1.41. The standard InChI is InChI=1S/C28H39N9O6S3/c1-4-20(42-25(40)16-8-6-5-7-9-16)43-26(41)22-17(14-46-28-32-33-34-36(28)11-10-35(2)3)13-44-24-21(23(39)37(22)24)31-19(38)12-18-15-45-27(29)30-18/h15-16,20-21,24H,4-14H2,1-3H3,(H2,29,30)(H,31,38)/t20?,21-,24+/m1/s1. The van der Waals surface area contributed by atoms with Crippen molar-refractivity contribution in [1.82, 2.24) is 40.3 Å². The summed E-state index contributed by atoms with van der Waals surface area (Å²) in [5, 5.41) is 16.9. The van der Waals surface area contributed by atoms with E-state index in [1.165, 1.54) is 39.8 Å². The molecule has 3 atom stereocenters. The number of amides is 2. The van der Waals surface area contributed by atoms with Gasteiger partial charge in [-0.3, -0.25) is 19.3 Å². The third-order valence-electron chi connectivity index (χ3n) is 7.86. The Hall–Kier alpha value is -3.22. The predicted molar refractivity (Wildman–Crippen MR) is 172 cm³/mol. The minimum Gasteiger partial charge on any atom is -0.425 e. The summed E-state index contributed by atoms with van der Waals surface area (Å²) in [7, 11) is 3.92. The summed E-state index contributed by atoms with van der Waals surface area (Å²) in [4.78, 5) is 60.4. The molecule has 2 aromatic rings. The van der Waals surface area contributed by atoms with E-state index in [0.29, 0.717) is 39.6 Å². The van der Waals surface area contributed by atoms with Gasteiger partial charge in [-0.1, -0.05) is 37.9 Å². The van der Waals surface area contributed by atoms with Crippen LogP contribution >= 0.6 is 34.9 Å². The van der Waals surface area contributed by atoms with Crippen molar-refractivity contribution in [2.24, 2.45) is 5.92 Å². The zero-order valence-corrected chi connectivity index (χ0v) is 28.5. The van der Waals surface area contributed by atoms with Gasteiger partial charge in [0.15, 0.2) is 5.13 Å². The molecule has 46 heavy (non-hydrogen) atoms. The average molecular weight is 694 g/mol. The number of hydrogen-bond acceptors (Lipinski definition) is 15. The highest BCUT2D eigenvalue weighted by Gasteiger charge is 2.54. The molecule has 0 spiro atoms. The van der Waals surface area contributed by atoms with Crippen LogP contribution in [0, 0.1) is 5.92 Å². The number of nitrogens with two attached hydrogens (primary N) is 1. The fraction of sp³-hybridized carbons (Fsp3) is 0.643. The van der Waals surface area contributed by atoms with E-state index in [2.05, 4.69) is 25.8 Å². The number of esters is 2. The molecule has 3 N–H and O–H groups in total. The Morgan fingerprint density at radius 1 is 1.22 bits per heavy atom. The number of nitrogen functional groups attached to an aromatic ring is 1. The van der Waals surface area contributed by atoms with Gasteiger partial charge in [-0.25, -0.2) is 14.5 Å². The summed E-state index contributed by atoms with van der Waals surface area (Å²) in [6, 6.07) is -0.824. The third-order valence-corrected chi connectivity index (χ3v) is 11.0. The van der Waals surface area contributed by atoms with Gasteiger partial charge in [0.05, 0.1) is 24.6 Å². The number of aromatic nitrogens is 5. The lowest BCUT2D eigenvalue weighted by molar-refractivity contribution is -0.191. The lowest BCUT2D eigenvalue weighted by Gasteiger charge is -2.49. The van der Waals surface area contributed by atoms with Crippen LogP contribution < -0.4 is 11.1 Å². The van der Waals surface area contributed by atoms with Crippen LogP contribution in [0.3, 0.4) is 0 Å². The van der Waals surface area contributed by atoms with Crippen molar-refractivity contribution in [3.05, 3.63) is 22.3 Å². The van der Waals surface area contributed by atoms with Crippen molar-refractivity contribution in [3.8, 4) is 0 Å². The van der Waals surface area contributed by atoms with Crippen molar-refractivity contribution in [1.29, 1.82) is 0 Å². The molecule has 1 aliphatic carbocycles. The number of anilines is 1. The molecular formula is C28H39N9O6S3. The van der Waals surface area contributed by atoms with Crippen LogP contribution in [0.1, 0.15) is 51.1 Å². The number of nitrogens with zero attached hydrogens (tertiary/aromatic N) is 7. The number of tetrazole rings is 1. The number of thioether (sulfide) groups is 2. The van der Waals surface area contributed by atoms with E-state index in [1.807, 2.05) is 19.0 Å². The van der Waals surface area contributed by atoms with Gasteiger partial charge in [0.2, 0.25) is 17.4 Å². The second-order valence-corrected chi connectivity index (χ2v) is 14.5. The van der Waals surface area contributed by atoms with Gasteiger partial charge in [-0.05, 0) is 42.9 Å². The van der Waals surface area contributed by atoms with Crippen LogP contribution in [-0.2, 0) is 41.6 Å². The van der Waals surface area contributed by atoms with Gasteiger partial charge in [-0.2, -0.15) is 0 Å². The van der Waals surface area contributed by atoms with Crippen molar-refractivity contribution >= 4 is 63.7 Å². The van der Waals surface area contributed by atoms with Gasteiger partial charge >= 0.3 is 11.9 Å². The predicted octanol–water partition coefficient (Wildman–Crippen LogP) is 1.67. The van der Waals surface area contributed by atoms with Crippen LogP contribution in [-0.4, -0.2) is 109 Å². The SMILES string of the molecule is CCC(OC(=O)C1=C(CSc2nnnn2CCN(C)C)CS[C@H]2[C@H](NC(=O)Cc3csc(N)n3)C(=O)N12)OC(=O)C1CCCCC1. The number of β-lactam (4-membered cyclic amide) rings is 1. The second-order valence-electron chi connectivity index (χ2n) is 11.6. The topological polar surface area (TPSA) is 188 Å². The van der Waals surface area contributed by atoms with Crippen LogP contribution in [0.4, 0.5) is 5.13 Å². The monoisotopic (exact) mass is 693 g/mol. The molecule has 2 fully saturated rings. The normalized spacial score (nSPS) is 20.7. The Kier molecular flexibility index (Phi) is 11.6. The van der Waals surface area contributed by atoms with E-state index in [0.717, 1.165) is 38.6 Å². The van der Waals surface area contributed by atoms with E-state index in [9.17, 15) is 19.2 Å². The second kappa shape index (κ2) is 15.6. The zero-order chi connectivity index (χ0) is 32.8. The van der Waals surface area contributed by atoms with Crippen LogP contribution in [0.2, 0.25) is 0 Å². The quantitative estimate of drug-likeness (QED) is 0.126. The first-order valence-electron chi connectivity index (χ1n) is 15.3. The van der Waals surface area contributed by atoms with E-state index < -0.39 is 29.6 Å². The highest BCUT2D eigenvalue weighted by atomic mass is 32.2. The largest absolute Gasteiger partial charge is 0.425 e. The van der Waals surface area contributed by atoms with E-state index >= 15 is 0 Å². The van der Waals surface area contributed by atoms with Gasteiger partial charge < -0.3 is 25.4 Å². The van der Waals surface area contributed by atoms with Gasteiger partial charge in [0.1, 0.15) is 17.1 Å². The van der Waals surface area contributed by atoms with Crippen LogP contribution in [0.15, 0.2) is 21.8 Å². The first-order valence-corrected chi connectivity index (χ1v) is 18.2. The Morgan fingerprint density at radius 2 is 2.00 bits per heavy atom. The van der Waals surface area contributed by atoms with Crippen LogP contribution in [0.25, 0.3) is 0 Å². The Morgan fingerprint density at radius 3 is 2.70 bits per heavy atom. The van der Waals surface area contributed by atoms with E-state index in [1.54, 1.807) is 17.0 Å². The number of nitrogens with one attached hydrogen (secondary N) is 1. The van der Waals surface area contributed by atoms with Crippen molar-refractivity contribution in [2.75, 3.05) is 37.9 Å². The lowest BCUT2D eigenvalue weighted by atomic mass is 9.89. The number of fused-ring (bicyclic) bond motifs is 1. The fourth-order valence-corrected chi connectivity index (χ4v) is 8.34. The molecule has 15 nitrogen and oxygen atoms in total. The molecule has 2 aliphatic heterocycles. The minimum absolute atomic E-state index is 0.0193. The Labute approximate surface area is 279 Å². The molecule has 5 rings (SSSR count). The smallest absolute Gasteiger partial charge is 0.358 e. The highest BCUT2D eigenvalue weighted by Crippen LogP contribution is 2.42. The first kappa shape index (κ1) is 34.1. The maximum atomic E-state index is 13.8. The summed E-state index contributed by atoms with van der Waals surface area (Å²) in [5.41, 5.74) is 6.95. The number of likely N-dealkylation sites (N-methyl/N-ethyl adjacent to an activating group) is 1. The van der Waals surface area contributed by atoms with Gasteiger partial charge in [0, 0.05) is 29.9 Å². The molecule has 0 radical (unpaired) electrons. The first-order chi connectivity index (χ1) is 22.1. The van der Waals surface area contributed by atoms with Crippen molar-refractivity contribution in [3.63, 3.8) is 0 Å². The number of carbonyl (C=O) groups is 4. The molecule has 0 bridgehead atoms. The number of ether oxygens (including phenoxy) is 2. The molecule has 1 saturated carbocycles. The molecule has 4 heterocycles. The van der Waals surface area contributed by atoms with Crippen molar-refractivity contribution < 1.29 is 28.7 Å². The lowest BCUT2D eigenvalue weighted by Crippen LogP contribution is -2.70. The number of carbonyl (C=O) groups excluding carboxylic acids is 4. The number of rotatable bonds is 14. The Bertz CT molecular complexity index is 1460. The third kappa shape index (κ3) is 8.19. The molecule has 18 heteroatoms. The summed E-state index contributed by atoms with van der Waals surface area (Å²) in [6.07, 6.45) is 3.69. The van der Waals surface area contributed by atoms with Gasteiger partial charge in [-0.15, -0.1) is 28.2 Å². The maximum absolute atomic E-state index is 13.8. The molecular weight excluding hydrogens is 655 g/mol. The minimum atomic E-state index is -1.09. The summed E-state index contributed by atoms with van der Waals surface area (Å²) in [6.45, 7) is 3.08. The fourth-order valence-electron chi connectivity index (χ4n) is 5.39. The molecule has 1 saturated heterocycles. The molecule has 0 aromatic carbocycles. The van der Waals surface area contributed by atoms with Gasteiger partial charge in [0.25, 0.3) is 5.91 Å². The number of hydrogen-bond donors (Lipinski definition) is 2.